The van der Waals surface area contributed by atoms with Gasteiger partial charge in [-0.3, -0.25) is 52.7 Å². The van der Waals surface area contributed by atoms with E-state index in [4.69, 9.17) is 27.4 Å². The Hall–Kier alpha value is -9.91. The van der Waals surface area contributed by atoms with Crippen LogP contribution in [0.2, 0.25) is 0 Å². The van der Waals surface area contributed by atoms with E-state index < -0.39 is 139 Å². The first-order valence-corrected chi connectivity index (χ1v) is 35.5. The minimum atomic E-state index is -1.61. The summed E-state index contributed by atoms with van der Waals surface area (Å²) < 4.78 is 12.3. The number of rotatable bonds is 13. The molecule has 30 nitrogen and oxygen atoms in total. The average Bonchev–Trinajstić information content (AvgIpc) is 1.46. The number of phenolic OH excluding ortho intramolecular Hbond substituents is 2. The van der Waals surface area contributed by atoms with Gasteiger partial charge in [0.2, 0.25) is 59.1 Å². The van der Waals surface area contributed by atoms with E-state index >= 15 is 0 Å². The molecule has 4 fully saturated rings. The Morgan fingerprint density at radius 3 is 2.00 bits per heavy atom. The third-order valence-electron chi connectivity index (χ3n) is 19.9. The number of allylic oxidation sites excluding steroid dienone is 1. The maximum atomic E-state index is 14.9. The fourth-order valence-electron chi connectivity index (χ4n) is 14.8. The predicted molar refractivity (Wildman–Crippen MR) is 370 cm³/mol. The lowest BCUT2D eigenvalue weighted by atomic mass is 9.77. The summed E-state index contributed by atoms with van der Waals surface area (Å²) in [6.07, 6.45) is 7.66. The molecule has 11 N–H and O–H groups in total. The molecule has 10 amide bonds. The number of hydrogen-bond acceptors (Lipinski definition) is 18. The SMILES string of the molecule is C[C@@H]1NC(=O)[C@H]([C@@H](C)O)NC(=O)[C@@H]2CCCN2C(=O)CN(C(=O)[C@@H]2CCCN2C(=O)CCCCNC(=S)Nc2ccc3c(c2)C2(OC3=O)c3ccc(O)cc3Oc3cc(O)ccc32)CC=CCCCCCCN(CC(N)=O)C(=O)[C@H](CCC(=O)O)NC(=O)[C@@H]2CCCN2C(=O)[C@@H]2CCCN2C1=O. The lowest BCUT2D eigenvalue weighted by Crippen LogP contribution is -2.60. The van der Waals surface area contributed by atoms with Crippen LogP contribution in [0.3, 0.4) is 0 Å². The Morgan fingerprint density at radius 2 is 1.32 bits per heavy atom. The molecule has 102 heavy (non-hydrogen) atoms. The number of aromatic hydroxyl groups is 2. The number of carbonyl (C=O) groups excluding carboxylic acids is 11. The first kappa shape index (κ1) is 74.8. The van der Waals surface area contributed by atoms with Crippen molar-refractivity contribution in [3.63, 3.8) is 0 Å². The highest BCUT2D eigenvalue weighted by Gasteiger charge is 2.54. The zero-order chi connectivity index (χ0) is 73.1. The summed E-state index contributed by atoms with van der Waals surface area (Å²) in [7, 11) is 0. The van der Waals surface area contributed by atoms with Crippen molar-refractivity contribution in [3.05, 3.63) is 89.0 Å². The molecule has 0 aromatic heterocycles. The quantitative estimate of drug-likeness (QED) is 0.0508. The van der Waals surface area contributed by atoms with Gasteiger partial charge in [-0.1, -0.05) is 25.0 Å². The number of ether oxygens (including phenoxy) is 2. The molecule has 3 aromatic rings. The number of nitrogens with two attached hydrogens (primary N) is 1. The number of phenols is 2. The molecule has 0 unspecified atom stereocenters. The predicted octanol–water partition coefficient (Wildman–Crippen LogP) is 2.47. The molecule has 8 atom stereocenters. The van der Waals surface area contributed by atoms with E-state index in [0.717, 1.165) is 0 Å². The Balaban J connectivity index is 0.795. The number of thiocarbonyl (C=S) groups is 1. The Labute approximate surface area is 595 Å². The number of amides is 10. The first-order valence-electron chi connectivity index (χ1n) is 35.1. The van der Waals surface area contributed by atoms with Crippen LogP contribution in [0.1, 0.15) is 156 Å². The van der Waals surface area contributed by atoms with Crippen LogP contribution in [-0.4, -0.2) is 233 Å². The Kier molecular flexibility index (Phi) is 24.4. The van der Waals surface area contributed by atoms with Gasteiger partial charge in [0, 0.05) is 93.2 Å². The second kappa shape index (κ2) is 33.3. The summed E-state index contributed by atoms with van der Waals surface area (Å²) >= 11 is 5.68. The van der Waals surface area contributed by atoms with Crippen LogP contribution in [0.25, 0.3) is 0 Å². The summed E-state index contributed by atoms with van der Waals surface area (Å²) in [5, 5.41) is 55.7. The van der Waals surface area contributed by atoms with E-state index in [1.807, 2.05) is 6.08 Å². The Bertz CT molecular complexity index is 3740. The van der Waals surface area contributed by atoms with Crippen molar-refractivity contribution in [2.75, 3.05) is 64.2 Å². The van der Waals surface area contributed by atoms with Gasteiger partial charge in [-0.25, -0.2) is 4.79 Å². The number of fused-ring (bicyclic) bond motifs is 9. The number of benzene rings is 3. The van der Waals surface area contributed by atoms with Gasteiger partial charge in [-0.15, -0.1) is 0 Å². The highest BCUT2D eigenvalue weighted by molar-refractivity contribution is 7.80. The molecule has 7 aliphatic heterocycles. The van der Waals surface area contributed by atoms with Crippen molar-refractivity contribution in [2.24, 2.45) is 5.73 Å². The summed E-state index contributed by atoms with van der Waals surface area (Å²) in [6.45, 7) is 2.70. The number of carboxylic acid groups (broad SMARTS) is 1. The second-order valence-electron chi connectivity index (χ2n) is 27.1. The number of hydrogen-bond donors (Lipinski definition) is 10. The van der Waals surface area contributed by atoms with Crippen molar-refractivity contribution in [3.8, 4) is 23.0 Å². The van der Waals surface area contributed by atoms with Gasteiger partial charge in [0.05, 0.1) is 18.2 Å². The second-order valence-corrected chi connectivity index (χ2v) is 27.5. The molecule has 0 radical (unpaired) electrons. The normalized spacial score (nSPS) is 24.2. The number of carbonyl (C=O) groups is 12. The summed E-state index contributed by atoms with van der Waals surface area (Å²) in [5.74, 6) is -8.03. The fraction of sp³-hybridized carbons (Fsp3) is 0.535. The number of aliphatic hydroxyl groups excluding tert-OH is 1. The summed E-state index contributed by atoms with van der Waals surface area (Å²) in [6, 6.07) is 5.52. The van der Waals surface area contributed by atoms with Crippen molar-refractivity contribution in [1.29, 1.82) is 0 Å². The van der Waals surface area contributed by atoms with Crippen molar-refractivity contribution in [2.45, 2.75) is 183 Å². The number of aliphatic hydroxyl groups is 1. The molecule has 548 valence electrons. The van der Waals surface area contributed by atoms with Gasteiger partial charge < -0.3 is 91.6 Å². The van der Waals surface area contributed by atoms with Crippen LogP contribution >= 0.6 is 12.2 Å². The molecule has 3 aromatic carbocycles. The van der Waals surface area contributed by atoms with E-state index in [1.165, 1.54) is 67.5 Å². The average molecular weight is 1430 g/mol. The summed E-state index contributed by atoms with van der Waals surface area (Å²) in [5.41, 5.74) is 6.30. The molecule has 0 saturated carbocycles. The third kappa shape index (κ3) is 17.0. The van der Waals surface area contributed by atoms with Crippen molar-refractivity contribution < 1.29 is 87.4 Å². The van der Waals surface area contributed by atoms with E-state index in [2.05, 4.69) is 26.6 Å². The molecule has 10 rings (SSSR count). The topological polar surface area (TPSA) is 410 Å². The van der Waals surface area contributed by atoms with E-state index in [1.54, 1.807) is 36.4 Å². The number of anilines is 1. The zero-order valence-corrected chi connectivity index (χ0v) is 58.1. The zero-order valence-electron chi connectivity index (χ0n) is 57.2. The molecule has 7 aliphatic rings. The van der Waals surface area contributed by atoms with E-state index in [0.29, 0.717) is 118 Å². The number of aliphatic carboxylic acids is 1. The fourth-order valence-corrected chi connectivity index (χ4v) is 15.0. The number of primary amides is 1. The van der Waals surface area contributed by atoms with E-state index in [9.17, 15) is 78.0 Å². The largest absolute Gasteiger partial charge is 0.508 e. The van der Waals surface area contributed by atoms with Crippen LogP contribution in [0, 0.1) is 0 Å². The number of esters is 1. The number of nitrogens with one attached hydrogen (secondary N) is 5. The standard InChI is InChI=1S/C71H90N12O18S/c1-41-65(95)83-35-15-19-54(83)68(98)82-34-13-17-52(82)62(92)76-50(27-28-60(90)91)66(96)78(39-57(72)87)30-10-6-4-3-5-7-11-31-79(40-59(89)80-32-12-16-51(80)63(93)77-61(42(2)84)64(94)74-41)67(97)53-18-14-33-81(53)58(88)20-8-9-29-73-70(102)75-43-21-24-46-49(36-43)71(101-69(46)99)47-25-22-44(85)37-55(47)100-56-38-45(86)23-26-48(56)71/h7,11,21-26,36-38,41-42,50-54,61,84-86H,3-6,8-10,12-20,27-35,39-40H2,1-2H3,(H2,72,87)(H,74,94)(H,76,92)(H,77,93)(H,90,91)(H2,73,75,102)/t41-,42+,50-,51-,52-,53-,54-,61-/m0/s1. The van der Waals surface area contributed by atoms with Crippen LogP contribution in [0.4, 0.5) is 5.69 Å². The molecule has 1 spiro atoms. The third-order valence-corrected chi connectivity index (χ3v) is 20.2. The Morgan fingerprint density at radius 1 is 0.686 bits per heavy atom. The molecule has 0 aliphatic carbocycles. The van der Waals surface area contributed by atoms with Gasteiger partial charge in [0.25, 0.3) is 0 Å². The minimum Gasteiger partial charge on any atom is -0.508 e. The smallest absolute Gasteiger partial charge is 0.340 e. The maximum absolute atomic E-state index is 14.9. The molecular weight excluding hydrogens is 1340 g/mol. The van der Waals surface area contributed by atoms with Crippen LogP contribution in [-0.2, 0) is 63.1 Å². The lowest BCUT2D eigenvalue weighted by molar-refractivity contribution is -0.148. The maximum Gasteiger partial charge on any atom is 0.340 e. The monoisotopic (exact) mass is 1430 g/mol. The number of likely N-dealkylation sites (tertiary alicyclic amines) is 1. The highest BCUT2D eigenvalue weighted by atomic mass is 32.1. The van der Waals surface area contributed by atoms with E-state index in [-0.39, 0.29) is 98.8 Å². The number of carboxylic acids is 1. The van der Waals surface area contributed by atoms with Gasteiger partial charge >= 0.3 is 11.9 Å². The molecule has 4 saturated heterocycles. The molecule has 31 heteroatoms. The number of nitrogens with zero attached hydrogens (tertiary/aromatic N) is 6. The van der Waals surface area contributed by atoms with Crippen LogP contribution in [0.5, 0.6) is 23.0 Å². The van der Waals surface area contributed by atoms with Gasteiger partial charge in [-0.2, -0.15) is 0 Å². The minimum absolute atomic E-state index is 0.0417. The van der Waals surface area contributed by atoms with Gasteiger partial charge in [-0.05, 0) is 158 Å². The molecule has 0 bridgehead atoms. The van der Waals surface area contributed by atoms with Gasteiger partial charge in [0.15, 0.2) is 10.7 Å². The first-order chi connectivity index (χ1) is 48.8. The highest BCUT2D eigenvalue weighted by Crippen LogP contribution is 2.57. The molecular formula is C71H90N12O18S. The molecule has 7 heterocycles. The summed E-state index contributed by atoms with van der Waals surface area (Å²) in [4.78, 5) is 174. The van der Waals surface area contributed by atoms with Crippen LogP contribution < -0.4 is 37.1 Å². The van der Waals surface area contributed by atoms with Crippen molar-refractivity contribution >= 4 is 94.0 Å². The van der Waals surface area contributed by atoms with Gasteiger partial charge in [0.1, 0.15) is 71.8 Å². The van der Waals surface area contributed by atoms with Crippen molar-refractivity contribution in [1.82, 2.24) is 50.7 Å². The van der Waals surface area contributed by atoms with Crippen LogP contribution in [0.15, 0.2) is 66.7 Å². The lowest BCUT2D eigenvalue weighted by Gasteiger charge is -2.36. The number of unbranched alkanes of at least 4 members (excludes halogenated alkanes) is 1.